The normalized spacial score (nSPS) is 9.62. The summed E-state index contributed by atoms with van der Waals surface area (Å²) in [6.07, 6.45) is 0.0424. The summed E-state index contributed by atoms with van der Waals surface area (Å²) >= 11 is 0. The van der Waals surface area contributed by atoms with Gasteiger partial charge in [-0.15, -0.1) is 0 Å². The molecule has 0 radical (unpaired) electrons. The topological polar surface area (TPSA) is 72.8 Å². The van der Waals surface area contributed by atoms with Gasteiger partial charge in [0, 0.05) is 0 Å². The summed E-state index contributed by atoms with van der Waals surface area (Å²) in [5, 5.41) is 8.92. The Morgan fingerprint density at radius 1 is 1.31 bits per heavy atom. The Labute approximate surface area is 92.6 Å². The highest BCUT2D eigenvalue weighted by Gasteiger charge is 2.13. The highest BCUT2D eigenvalue weighted by molar-refractivity contribution is 5.91. The monoisotopic (exact) mass is 224 g/mol. The number of aromatic carboxylic acids is 1. The molecule has 0 saturated carbocycles. The molecule has 5 nitrogen and oxygen atoms in total. The van der Waals surface area contributed by atoms with Crippen LogP contribution in [-0.4, -0.2) is 31.3 Å². The van der Waals surface area contributed by atoms with Gasteiger partial charge in [0.05, 0.1) is 20.6 Å². The van der Waals surface area contributed by atoms with Crippen molar-refractivity contribution in [2.24, 2.45) is 0 Å². The van der Waals surface area contributed by atoms with Gasteiger partial charge in [-0.3, -0.25) is 4.79 Å². The lowest BCUT2D eigenvalue weighted by Gasteiger charge is -2.06. The molecule has 0 fully saturated rings. The molecule has 0 aliphatic rings. The van der Waals surface area contributed by atoms with Crippen molar-refractivity contribution in [3.63, 3.8) is 0 Å². The fraction of sp³-hybridized carbons (Fsp3) is 0.273. The van der Waals surface area contributed by atoms with Gasteiger partial charge in [-0.2, -0.15) is 0 Å². The average Bonchev–Trinajstić information content (AvgIpc) is 2.28. The Morgan fingerprint density at radius 2 is 2.00 bits per heavy atom. The molecule has 0 aromatic heterocycles. The minimum absolute atomic E-state index is 0.0314. The number of carbonyl (C=O) groups excluding carboxylic acids is 1. The first-order valence-electron chi connectivity index (χ1n) is 4.55. The van der Waals surface area contributed by atoms with Crippen LogP contribution in [0.3, 0.4) is 0 Å². The van der Waals surface area contributed by atoms with Gasteiger partial charge >= 0.3 is 11.9 Å². The number of carboxylic acid groups (broad SMARTS) is 1. The van der Waals surface area contributed by atoms with Crippen LogP contribution in [0, 0.1) is 0 Å². The Morgan fingerprint density at radius 3 is 2.50 bits per heavy atom. The van der Waals surface area contributed by atoms with Gasteiger partial charge in [-0.05, 0) is 17.7 Å². The van der Waals surface area contributed by atoms with E-state index in [-0.39, 0.29) is 17.7 Å². The largest absolute Gasteiger partial charge is 0.496 e. The van der Waals surface area contributed by atoms with E-state index in [9.17, 15) is 9.59 Å². The summed E-state index contributed by atoms with van der Waals surface area (Å²) in [6, 6.07) is 4.54. The molecule has 0 bridgehead atoms. The summed E-state index contributed by atoms with van der Waals surface area (Å²) in [5.41, 5.74) is 0.606. The fourth-order valence-corrected chi connectivity index (χ4v) is 1.27. The molecular formula is C11H12O5. The maximum atomic E-state index is 11.0. The van der Waals surface area contributed by atoms with Crippen LogP contribution in [0.1, 0.15) is 15.9 Å². The molecule has 0 atom stereocenters. The van der Waals surface area contributed by atoms with Crippen LogP contribution in [0.25, 0.3) is 0 Å². The minimum Gasteiger partial charge on any atom is -0.496 e. The fourth-order valence-electron chi connectivity index (χ4n) is 1.27. The molecule has 16 heavy (non-hydrogen) atoms. The molecule has 0 spiro atoms. The standard InChI is InChI=1S/C11H12O5/c1-15-9-4-3-7(6-10(12)16-2)5-8(9)11(13)14/h3-5H,6H2,1-2H3,(H,13,14). The van der Waals surface area contributed by atoms with Crippen LogP contribution in [0.4, 0.5) is 0 Å². The van der Waals surface area contributed by atoms with Gasteiger partial charge in [0.1, 0.15) is 11.3 Å². The SMILES string of the molecule is COC(=O)Cc1ccc(OC)c(C(=O)O)c1. The summed E-state index contributed by atoms with van der Waals surface area (Å²) in [7, 11) is 2.67. The maximum Gasteiger partial charge on any atom is 0.339 e. The molecule has 1 N–H and O–H groups in total. The first-order valence-corrected chi connectivity index (χ1v) is 4.55. The first-order chi connectivity index (χ1) is 7.58. The lowest BCUT2D eigenvalue weighted by molar-refractivity contribution is -0.139. The number of benzene rings is 1. The van der Waals surface area contributed by atoms with Crippen molar-refractivity contribution >= 4 is 11.9 Å². The van der Waals surface area contributed by atoms with Crippen molar-refractivity contribution in [3.05, 3.63) is 29.3 Å². The van der Waals surface area contributed by atoms with Crippen molar-refractivity contribution in [1.29, 1.82) is 0 Å². The highest BCUT2D eigenvalue weighted by atomic mass is 16.5. The molecule has 1 aromatic rings. The van der Waals surface area contributed by atoms with Crippen LogP contribution in [-0.2, 0) is 16.0 Å². The van der Waals surface area contributed by atoms with Crippen LogP contribution in [0.15, 0.2) is 18.2 Å². The second-order valence-corrected chi connectivity index (χ2v) is 3.09. The summed E-state index contributed by atoms with van der Waals surface area (Å²) in [6.45, 7) is 0. The molecule has 0 amide bonds. The average molecular weight is 224 g/mol. The predicted octanol–water partition coefficient (Wildman–Crippen LogP) is 1.11. The number of carboxylic acids is 1. The summed E-state index contributed by atoms with van der Waals surface area (Å²) in [5.74, 6) is -1.24. The van der Waals surface area contributed by atoms with E-state index < -0.39 is 11.9 Å². The van der Waals surface area contributed by atoms with Crippen molar-refractivity contribution in [3.8, 4) is 5.75 Å². The number of carbonyl (C=O) groups is 2. The zero-order valence-electron chi connectivity index (χ0n) is 9.02. The predicted molar refractivity (Wildman–Crippen MR) is 55.7 cm³/mol. The molecule has 0 heterocycles. The molecule has 0 saturated heterocycles. The van der Waals surface area contributed by atoms with E-state index in [4.69, 9.17) is 9.84 Å². The lowest BCUT2D eigenvalue weighted by atomic mass is 10.1. The van der Waals surface area contributed by atoms with Gasteiger partial charge in [-0.1, -0.05) is 6.07 Å². The Hall–Kier alpha value is -2.04. The zero-order valence-corrected chi connectivity index (χ0v) is 9.02. The molecule has 0 aliphatic carbocycles. The first kappa shape index (κ1) is 12.0. The number of esters is 1. The van der Waals surface area contributed by atoms with E-state index >= 15 is 0 Å². The molecule has 86 valence electrons. The Kier molecular flexibility index (Phi) is 3.88. The van der Waals surface area contributed by atoms with E-state index in [1.54, 1.807) is 6.07 Å². The molecule has 1 aromatic carbocycles. The van der Waals surface area contributed by atoms with Crippen molar-refractivity contribution < 1.29 is 24.2 Å². The van der Waals surface area contributed by atoms with E-state index in [1.165, 1.54) is 26.4 Å². The number of ether oxygens (including phenoxy) is 2. The van der Waals surface area contributed by atoms with E-state index in [1.807, 2.05) is 0 Å². The van der Waals surface area contributed by atoms with E-state index in [0.717, 1.165) is 0 Å². The summed E-state index contributed by atoms with van der Waals surface area (Å²) in [4.78, 5) is 21.9. The third-order valence-corrected chi connectivity index (χ3v) is 2.07. The van der Waals surface area contributed by atoms with Crippen LogP contribution >= 0.6 is 0 Å². The van der Waals surface area contributed by atoms with Crippen molar-refractivity contribution in [2.45, 2.75) is 6.42 Å². The van der Waals surface area contributed by atoms with Crippen molar-refractivity contribution in [2.75, 3.05) is 14.2 Å². The molecule has 1 rings (SSSR count). The van der Waals surface area contributed by atoms with E-state index in [0.29, 0.717) is 5.56 Å². The molecule has 5 heteroatoms. The third kappa shape index (κ3) is 2.73. The number of methoxy groups -OCH3 is 2. The molecule has 0 unspecified atom stereocenters. The molecular weight excluding hydrogens is 212 g/mol. The smallest absolute Gasteiger partial charge is 0.339 e. The maximum absolute atomic E-state index is 11.0. The minimum atomic E-state index is -1.09. The highest BCUT2D eigenvalue weighted by Crippen LogP contribution is 2.20. The second kappa shape index (κ2) is 5.16. The van der Waals surface area contributed by atoms with Gasteiger partial charge in [-0.25, -0.2) is 4.79 Å². The van der Waals surface area contributed by atoms with Gasteiger partial charge < -0.3 is 14.6 Å². The number of hydrogen-bond acceptors (Lipinski definition) is 4. The number of hydrogen-bond donors (Lipinski definition) is 1. The molecule has 0 aliphatic heterocycles. The lowest BCUT2D eigenvalue weighted by Crippen LogP contribution is -2.07. The number of rotatable bonds is 4. The van der Waals surface area contributed by atoms with Gasteiger partial charge in [0.15, 0.2) is 0 Å². The van der Waals surface area contributed by atoms with Gasteiger partial charge in [0.2, 0.25) is 0 Å². The second-order valence-electron chi connectivity index (χ2n) is 3.09. The van der Waals surface area contributed by atoms with Crippen LogP contribution in [0.5, 0.6) is 5.75 Å². The Bertz CT molecular complexity index is 411. The van der Waals surface area contributed by atoms with Crippen molar-refractivity contribution in [1.82, 2.24) is 0 Å². The van der Waals surface area contributed by atoms with Gasteiger partial charge in [0.25, 0.3) is 0 Å². The van der Waals surface area contributed by atoms with E-state index in [2.05, 4.69) is 4.74 Å². The third-order valence-electron chi connectivity index (χ3n) is 2.07. The van der Waals surface area contributed by atoms with Crippen LogP contribution < -0.4 is 4.74 Å². The quantitative estimate of drug-likeness (QED) is 0.775. The Balaban J connectivity index is 3.02. The van der Waals surface area contributed by atoms with Crippen LogP contribution in [0.2, 0.25) is 0 Å². The zero-order chi connectivity index (χ0) is 12.1. The summed E-state index contributed by atoms with van der Waals surface area (Å²) < 4.78 is 9.39.